The van der Waals surface area contributed by atoms with Crippen molar-refractivity contribution in [2.24, 2.45) is 0 Å². The molecular formula is C25H20F6N4O5S. The summed E-state index contributed by atoms with van der Waals surface area (Å²) in [4.78, 5) is 40.6. The number of carbonyl (C=O) groups excluding carboxylic acids is 3. The molecule has 1 aliphatic rings. The topological polar surface area (TPSA) is 128 Å². The molecule has 0 radical (unpaired) electrons. The number of carbonyl (C=O) groups is 3. The minimum atomic E-state index is -5.24. The van der Waals surface area contributed by atoms with Gasteiger partial charge in [-0.3, -0.25) is 19.2 Å². The number of urea groups is 1. The molecule has 0 aliphatic carbocycles. The van der Waals surface area contributed by atoms with Gasteiger partial charge < -0.3 is 4.90 Å². The van der Waals surface area contributed by atoms with Crippen molar-refractivity contribution in [3.63, 3.8) is 0 Å². The van der Waals surface area contributed by atoms with Crippen molar-refractivity contribution in [2.45, 2.75) is 32.2 Å². The Labute approximate surface area is 229 Å². The lowest BCUT2D eigenvalue weighted by molar-refractivity contribution is -0.137. The van der Waals surface area contributed by atoms with Crippen molar-refractivity contribution in [3.8, 4) is 6.07 Å². The first kappa shape index (κ1) is 31.1. The highest BCUT2D eigenvalue weighted by atomic mass is 32.2. The Morgan fingerprint density at radius 2 is 1.66 bits per heavy atom. The number of hydrogen-bond acceptors (Lipinski definition) is 6. The third kappa shape index (κ3) is 7.23. The summed E-state index contributed by atoms with van der Waals surface area (Å²) in [6, 6.07) is 8.04. The van der Waals surface area contributed by atoms with E-state index in [9.17, 15) is 49.1 Å². The van der Waals surface area contributed by atoms with Crippen LogP contribution in [0.25, 0.3) is 0 Å². The van der Waals surface area contributed by atoms with Gasteiger partial charge in [0.1, 0.15) is 6.54 Å². The number of sulfonamides is 1. The predicted molar refractivity (Wildman–Crippen MR) is 131 cm³/mol. The van der Waals surface area contributed by atoms with E-state index in [4.69, 9.17) is 5.26 Å². The van der Waals surface area contributed by atoms with Gasteiger partial charge >= 0.3 is 18.4 Å². The fourth-order valence-electron chi connectivity index (χ4n) is 4.29. The molecule has 0 unspecified atom stereocenters. The van der Waals surface area contributed by atoms with E-state index in [1.807, 2.05) is 6.07 Å². The van der Waals surface area contributed by atoms with Crippen LogP contribution in [0, 0.1) is 11.3 Å². The van der Waals surface area contributed by atoms with Crippen LogP contribution in [0.15, 0.2) is 59.8 Å². The smallest absolute Gasteiger partial charge is 0.303 e. The molecule has 0 spiro atoms. The SMILES string of the molecule is CC(=O)C1=C(C)N(c2cccc(C(F)(F)F)c2)C(=O)N(CC(=O)NS(=O)(=O)CC(F)(F)F)[C@@H]1c1ccc(C#N)cc1. The number of nitrogens with one attached hydrogen (secondary N) is 1. The van der Waals surface area contributed by atoms with Crippen LogP contribution in [0.4, 0.5) is 36.8 Å². The first-order valence-electron chi connectivity index (χ1n) is 11.4. The molecule has 1 aliphatic heterocycles. The Balaban J connectivity index is 2.18. The first-order valence-corrected chi connectivity index (χ1v) is 13.1. The zero-order valence-corrected chi connectivity index (χ0v) is 22.0. The maximum atomic E-state index is 13.8. The van der Waals surface area contributed by atoms with E-state index in [2.05, 4.69) is 0 Å². The number of nitriles is 1. The van der Waals surface area contributed by atoms with E-state index in [1.165, 1.54) is 35.9 Å². The molecule has 0 aromatic heterocycles. The maximum Gasteiger partial charge on any atom is 0.416 e. The fraction of sp³-hybridized carbons (Fsp3) is 0.280. The van der Waals surface area contributed by atoms with Crippen molar-refractivity contribution in [3.05, 3.63) is 76.5 Å². The van der Waals surface area contributed by atoms with Crippen LogP contribution in [-0.2, 0) is 25.8 Å². The second-order valence-electron chi connectivity index (χ2n) is 8.89. The molecule has 0 saturated heterocycles. The number of allylic oxidation sites excluding steroid dienone is 1. The summed E-state index contributed by atoms with van der Waals surface area (Å²) >= 11 is 0. The largest absolute Gasteiger partial charge is 0.416 e. The van der Waals surface area contributed by atoms with Gasteiger partial charge in [0.2, 0.25) is 10.0 Å². The molecule has 41 heavy (non-hydrogen) atoms. The molecule has 9 nitrogen and oxygen atoms in total. The molecule has 0 fully saturated rings. The molecule has 1 atom stereocenters. The van der Waals surface area contributed by atoms with Crippen LogP contribution in [0.1, 0.15) is 36.6 Å². The van der Waals surface area contributed by atoms with Crippen LogP contribution >= 0.6 is 0 Å². The Hall–Kier alpha value is -4.39. The summed E-state index contributed by atoms with van der Waals surface area (Å²) in [5, 5.41) is 9.11. The summed E-state index contributed by atoms with van der Waals surface area (Å²) < 4.78 is 103. The average Bonchev–Trinajstić information content (AvgIpc) is 2.83. The third-order valence-electron chi connectivity index (χ3n) is 5.85. The quantitative estimate of drug-likeness (QED) is 0.467. The summed E-state index contributed by atoms with van der Waals surface area (Å²) in [7, 11) is -5.24. The van der Waals surface area contributed by atoms with Crippen LogP contribution in [0.3, 0.4) is 0 Å². The van der Waals surface area contributed by atoms with Crippen molar-refractivity contribution >= 4 is 33.4 Å². The lowest BCUT2D eigenvalue weighted by Crippen LogP contribution is -2.54. The monoisotopic (exact) mass is 602 g/mol. The van der Waals surface area contributed by atoms with E-state index in [-0.39, 0.29) is 28.1 Å². The van der Waals surface area contributed by atoms with E-state index in [0.29, 0.717) is 15.9 Å². The highest BCUT2D eigenvalue weighted by molar-refractivity contribution is 7.90. The highest BCUT2D eigenvalue weighted by Gasteiger charge is 2.43. The van der Waals surface area contributed by atoms with Crippen LogP contribution in [0.5, 0.6) is 0 Å². The van der Waals surface area contributed by atoms with Gasteiger partial charge in [-0.1, -0.05) is 18.2 Å². The standard InChI is InChI=1S/C25H20F6N4O5S/c1-14-21(15(2)36)22(17-8-6-16(11-32)7-9-17)34(12-20(37)33-41(39,40)13-24(26,27)28)23(38)35(14)19-5-3-4-18(10-19)25(29,30)31/h3-10,22H,12-13H2,1-2H3,(H,33,37)/t22-/m1/s1. The second-order valence-corrected chi connectivity index (χ2v) is 10.6. The van der Waals surface area contributed by atoms with Gasteiger partial charge in [0.05, 0.1) is 28.9 Å². The molecule has 218 valence electrons. The zero-order valence-electron chi connectivity index (χ0n) is 21.2. The molecule has 0 saturated carbocycles. The molecule has 2 aromatic rings. The molecule has 3 amide bonds. The number of ketones is 1. The Morgan fingerprint density at radius 1 is 1.05 bits per heavy atom. The Morgan fingerprint density at radius 3 is 2.17 bits per heavy atom. The lowest BCUT2D eigenvalue weighted by atomic mass is 9.90. The number of anilines is 1. The second kappa shape index (κ2) is 11.2. The molecule has 1 heterocycles. The van der Waals surface area contributed by atoms with Gasteiger partial charge in [0, 0.05) is 11.3 Å². The first-order chi connectivity index (χ1) is 18.8. The van der Waals surface area contributed by atoms with E-state index in [0.717, 1.165) is 25.1 Å². The van der Waals surface area contributed by atoms with E-state index < -0.39 is 64.0 Å². The van der Waals surface area contributed by atoms with Crippen molar-refractivity contribution in [1.82, 2.24) is 9.62 Å². The Bertz CT molecular complexity index is 1560. The summed E-state index contributed by atoms with van der Waals surface area (Å²) in [5.74, 6) is -4.66. The van der Waals surface area contributed by atoms with Gasteiger partial charge in [0.25, 0.3) is 5.91 Å². The third-order valence-corrected chi connectivity index (χ3v) is 7.10. The number of halogens is 6. The van der Waals surface area contributed by atoms with Crippen LogP contribution in [0.2, 0.25) is 0 Å². The van der Waals surface area contributed by atoms with Crippen molar-refractivity contribution < 1.29 is 49.1 Å². The van der Waals surface area contributed by atoms with Gasteiger partial charge in [-0.15, -0.1) is 0 Å². The zero-order chi connectivity index (χ0) is 30.9. The lowest BCUT2D eigenvalue weighted by Gasteiger charge is -2.42. The van der Waals surface area contributed by atoms with Gasteiger partial charge in [-0.2, -0.15) is 31.6 Å². The Kier molecular flexibility index (Phi) is 8.54. The minimum absolute atomic E-state index is 0.113. The summed E-state index contributed by atoms with van der Waals surface area (Å²) in [5.41, 5.74) is -1.47. The number of benzene rings is 2. The molecule has 0 bridgehead atoms. The predicted octanol–water partition coefficient (Wildman–Crippen LogP) is 4.43. The van der Waals surface area contributed by atoms with E-state index >= 15 is 0 Å². The van der Waals surface area contributed by atoms with Crippen molar-refractivity contribution in [1.29, 1.82) is 5.26 Å². The number of alkyl halides is 6. The summed E-state index contributed by atoms with van der Waals surface area (Å²) in [6.45, 7) is 1.15. The number of rotatable bonds is 7. The number of hydrogen-bond donors (Lipinski definition) is 1. The minimum Gasteiger partial charge on any atom is -0.303 e. The van der Waals surface area contributed by atoms with Crippen LogP contribution in [-0.4, -0.2) is 49.5 Å². The molecule has 2 aromatic carbocycles. The molecule has 1 N–H and O–H groups in total. The van der Waals surface area contributed by atoms with Gasteiger partial charge in [-0.05, 0) is 49.7 Å². The molecule has 16 heteroatoms. The molecule has 3 rings (SSSR count). The molecular weight excluding hydrogens is 582 g/mol. The van der Waals surface area contributed by atoms with Crippen LogP contribution < -0.4 is 9.62 Å². The number of nitrogens with zero attached hydrogens (tertiary/aromatic N) is 3. The highest BCUT2D eigenvalue weighted by Crippen LogP contribution is 2.41. The van der Waals surface area contributed by atoms with Gasteiger partial charge in [0.15, 0.2) is 11.5 Å². The van der Waals surface area contributed by atoms with Gasteiger partial charge in [-0.25, -0.2) is 13.2 Å². The number of amides is 3. The fourth-order valence-corrected chi connectivity index (χ4v) is 5.20. The normalized spacial score (nSPS) is 16.5. The number of Topliss-reactive ketones (excluding diaryl/α,β-unsaturated/α-hetero) is 1. The van der Waals surface area contributed by atoms with E-state index in [1.54, 1.807) is 0 Å². The maximum absolute atomic E-state index is 13.8. The average molecular weight is 603 g/mol. The summed E-state index contributed by atoms with van der Waals surface area (Å²) in [6.07, 6.45) is -10.0. The van der Waals surface area contributed by atoms with Crippen molar-refractivity contribution in [2.75, 3.05) is 17.2 Å².